The highest BCUT2D eigenvalue weighted by Gasteiger charge is 2.21. The van der Waals surface area contributed by atoms with E-state index in [0.29, 0.717) is 0 Å². The van der Waals surface area contributed by atoms with E-state index in [1.807, 2.05) is 25.6 Å². The SMILES string of the molecule is CCc1ccc(C(NC)C(C)n2nc(C)nc2C)cc1. The maximum atomic E-state index is 4.50. The van der Waals surface area contributed by atoms with Crippen LogP contribution in [0.4, 0.5) is 0 Å². The second-order valence-electron chi connectivity index (χ2n) is 5.25. The van der Waals surface area contributed by atoms with Gasteiger partial charge in [0.2, 0.25) is 0 Å². The lowest BCUT2D eigenvalue weighted by molar-refractivity contribution is 0.364. The van der Waals surface area contributed by atoms with Gasteiger partial charge in [0.1, 0.15) is 11.6 Å². The van der Waals surface area contributed by atoms with Crippen molar-refractivity contribution in [3.8, 4) is 0 Å². The van der Waals surface area contributed by atoms with Crippen molar-refractivity contribution >= 4 is 0 Å². The highest BCUT2D eigenvalue weighted by molar-refractivity contribution is 5.25. The molecule has 0 aliphatic carbocycles. The van der Waals surface area contributed by atoms with Crippen LogP contribution in [0.2, 0.25) is 0 Å². The maximum Gasteiger partial charge on any atom is 0.147 e. The molecule has 4 heteroatoms. The Morgan fingerprint density at radius 3 is 2.30 bits per heavy atom. The fourth-order valence-electron chi connectivity index (χ4n) is 2.71. The van der Waals surface area contributed by atoms with Crippen molar-refractivity contribution in [3.05, 3.63) is 47.0 Å². The first-order chi connectivity index (χ1) is 9.56. The van der Waals surface area contributed by atoms with Crippen molar-refractivity contribution in [2.75, 3.05) is 7.05 Å². The Morgan fingerprint density at radius 2 is 1.85 bits per heavy atom. The van der Waals surface area contributed by atoms with E-state index in [1.54, 1.807) is 0 Å². The van der Waals surface area contributed by atoms with E-state index in [1.165, 1.54) is 11.1 Å². The van der Waals surface area contributed by atoms with Crippen LogP contribution in [-0.4, -0.2) is 21.8 Å². The van der Waals surface area contributed by atoms with Gasteiger partial charge in [-0.15, -0.1) is 0 Å². The number of benzene rings is 1. The van der Waals surface area contributed by atoms with E-state index in [-0.39, 0.29) is 12.1 Å². The van der Waals surface area contributed by atoms with Crippen LogP contribution in [0.3, 0.4) is 0 Å². The smallest absolute Gasteiger partial charge is 0.147 e. The molecule has 0 saturated heterocycles. The second kappa shape index (κ2) is 6.18. The van der Waals surface area contributed by atoms with Gasteiger partial charge in [-0.25, -0.2) is 9.67 Å². The number of hydrogen-bond acceptors (Lipinski definition) is 3. The molecule has 1 aromatic carbocycles. The standard InChI is InChI=1S/C16H24N4/c1-6-14-7-9-15(10-8-14)16(17-5)11(2)20-13(4)18-12(3)19-20/h7-11,16-17H,6H2,1-5H3. The molecule has 0 aliphatic rings. The molecule has 0 bridgehead atoms. The van der Waals surface area contributed by atoms with Crippen LogP contribution in [0, 0.1) is 13.8 Å². The third kappa shape index (κ3) is 2.90. The predicted molar refractivity (Wildman–Crippen MR) is 81.8 cm³/mol. The van der Waals surface area contributed by atoms with Gasteiger partial charge in [0, 0.05) is 0 Å². The fourth-order valence-corrected chi connectivity index (χ4v) is 2.71. The second-order valence-corrected chi connectivity index (χ2v) is 5.25. The summed E-state index contributed by atoms with van der Waals surface area (Å²) in [5, 5.41) is 7.91. The summed E-state index contributed by atoms with van der Waals surface area (Å²) in [6.07, 6.45) is 1.07. The zero-order valence-electron chi connectivity index (χ0n) is 13.0. The van der Waals surface area contributed by atoms with E-state index < -0.39 is 0 Å². The lowest BCUT2D eigenvalue weighted by Crippen LogP contribution is -2.27. The Balaban J connectivity index is 2.28. The van der Waals surface area contributed by atoms with Crippen molar-refractivity contribution in [2.45, 2.75) is 46.2 Å². The Bertz CT molecular complexity index is 556. The summed E-state index contributed by atoms with van der Waals surface area (Å²) in [5.74, 6) is 1.78. The summed E-state index contributed by atoms with van der Waals surface area (Å²) in [6, 6.07) is 9.25. The predicted octanol–water partition coefficient (Wildman–Crippen LogP) is 2.98. The molecular weight excluding hydrogens is 248 g/mol. The largest absolute Gasteiger partial charge is 0.311 e. The number of aryl methyl sites for hydroxylation is 3. The minimum absolute atomic E-state index is 0.216. The average molecular weight is 272 g/mol. The summed E-state index contributed by atoms with van der Waals surface area (Å²) in [7, 11) is 1.99. The van der Waals surface area contributed by atoms with Crippen LogP contribution < -0.4 is 5.32 Å². The molecule has 2 unspecified atom stereocenters. The van der Waals surface area contributed by atoms with Crippen LogP contribution in [0.25, 0.3) is 0 Å². The first-order valence-corrected chi connectivity index (χ1v) is 7.22. The van der Waals surface area contributed by atoms with Crippen molar-refractivity contribution in [1.82, 2.24) is 20.1 Å². The third-order valence-corrected chi connectivity index (χ3v) is 3.83. The first kappa shape index (κ1) is 14.7. The third-order valence-electron chi connectivity index (χ3n) is 3.83. The van der Waals surface area contributed by atoms with Gasteiger partial charge in [-0.05, 0) is 45.4 Å². The minimum atomic E-state index is 0.216. The number of nitrogens with zero attached hydrogens (tertiary/aromatic N) is 3. The lowest BCUT2D eigenvalue weighted by atomic mass is 9.99. The molecule has 0 saturated carbocycles. The zero-order valence-corrected chi connectivity index (χ0v) is 13.0. The van der Waals surface area contributed by atoms with Crippen LogP contribution >= 0.6 is 0 Å². The number of likely N-dealkylation sites (N-methyl/N-ethyl adjacent to an activating group) is 1. The first-order valence-electron chi connectivity index (χ1n) is 7.22. The molecule has 1 aromatic heterocycles. The Kier molecular flexibility index (Phi) is 4.55. The van der Waals surface area contributed by atoms with Crippen molar-refractivity contribution in [2.24, 2.45) is 0 Å². The van der Waals surface area contributed by atoms with Gasteiger partial charge in [0.25, 0.3) is 0 Å². The van der Waals surface area contributed by atoms with Gasteiger partial charge >= 0.3 is 0 Å². The van der Waals surface area contributed by atoms with Crippen molar-refractivity contribution in [3.63, 3.8) is 0 Å². The minimum Gasteiger partial charge on any atom is -0.311 e. The Morgan fingerprint density at radius 1 is 1.20 bits per heavy atom. The van der Waals surface area contributed by atoms with Crippen LogP contribution in [0.15, 0.2) is 24.3 Å². The monoisotopic (exact) mass is 272 g/mol. The molecule has 1 N–H and O–H groups in total. The van der Waals surface area contributed by atoms with Gasteiger partial charge in [0.15, 0.2) is 0 Å². The molecule has 4 nitrogen and oxygen atoms in total. The normalized spacial score (nSPS) is 14.2. The number of hydrogen-bond donors (Lipinski definition) is 1. The lowest BCUT2D eigenvalue weighted by Gasteiger charge is -2.25. The number of nitrogens with one attached hydrogen (secondary N) is 1. The van der Waals surface area contributed by atoms with Crippen LogP contribution in [-0.2, 0) is 6.42 Å². The van der Waals surface area contributed by atoms with Crippen molar-refractivity contribution in [1.29, 1.82) is 0 Å². The van der Waals surface area contributed by atoms with Crippen LogP contribution in [0.5, 0.6) is 0 Å². The van der Waals surface area contributed by atoms with E-state index in [2.05, 4.69) is 53.5 Å². The van der Waals surface area contributed by atoms with E-state index in [4.69, 9.17) is 0 Å². The highest BCUT2D eigenvalue weighted by Crippen LogP contribution is 2.26. The summed E-state index contributed by atoms with van der Waals surface area (Å²) in [4.78, 5) is 4.39. The molecule has 2 rings (SSSR count). The van der Waals surface area contributed by atoms with E-state index in [9.17, 15) is 0 Å². The summed E-state index contributed by atoms with van der Waals surface area (Å²) in [6.45, 7) is 8.29. The molecule has 0 spiro atoms. The molecular formula is C16H24N4. The average Bonchev–Trinajstić information content (AvgIpc) is 2.79. The molecule has 0 amide bonds. The molecule has 2 aromatic rings. The van der Waals surface area contributed by atoms with E-state index >= 15 is 0 Å². The Labute approximate surface area is 121 Å². The molecule has 0 radical (unpaired) electrons. The molecule has 0 aliphatic heterocycles. The molecule has 0 fully saturated rings. The highest BCUT2D eigenvalue weighted by atomic mass is 15.4. The Hall–Kier alpha value is -1.68. The number of aromatic nitrogens is 3. The molecule has 2 atom stereocenters. The summed E-state index contributed by atoms with van der Waals surface area (Å²) in [5.41, 5.74) is 2.65. The quantitative estimate of drug-likeness (QED) is 0.910. The van der Waals surface area contributed by atoms with Crippen LogP contribution in [0.1, 0.15) is 48.7 Å². The summed E-state index contributed by atoms with van der Waals surface area (Å²) < 4.78 is 2.00. The molecule has 20 heavy (non-hydrogen) atoms. The molecule has 1 heterocycles. The maximum absolute atomic E-state index is 4.50. The zero-order chi connectivity index (χ0) is 14.7. The summed E-state index contributed by atoms with van der Waals surface area (Å²) >= 11 is 0. The van der Waals surface area contributed by atoms with E-state index in [0.717, 1.165) is 18.1 Å². The van der Waals surface area contributed by atoms with Gasteiger partial charge < -0.3 is 5.32 Å². The molecule has 108 valence electrons. The van der Waals surface area contributed by atoms with Crippen molar-refractivity contribution < 1.29 is 0 Å². The van der Waals surface area contributed by atoms with Gasteiger partial charge in [0.05, 0.1) is 12.1 Å². The topological polar surface area (TPSA) is 42.7 Å². The van der Waals surface area contributed by atoms with Gasteiger partial charge in [-0.1, -0.05) is 31.2 Å². The van der Waals surface area contributed by atoms with Gasteiger partial charge in [-0.2, -0.15) is 5.10 Å². The number of rotatable bonds is 5. The van der Waals surface area contributed by atoms with Gasteiger partial charge in [-0.3, -0.25) is 0 Å². The fraction of sp³-hybridized carbons (Fsp3) is 0.500.